The number of nitrogens with zero attached hydrogens (tertiary/aromatic N) is 1. The first-order valence-corrected chi connectivity index (χ1v) is 7.33. The van der Waals surface area contributed by atoms with Crippen LogP contribution in [0, 0.1) is 0 Å². The molecule has 20 heavy (non-hydrogen) atoms. The normalized spacial score (nSPS) is 14.2. The molecule has 1 N–H and O–H groups in total. The molecule has 4 nitrogen and oxygen atoms in total. The van der Waals surface area contributed by atoms with E-state index in [0.29, 0.717) is 32.2 Å². The van der Waals surface area contributed by atoms with Crippen LogP contribution in [0.1, 0.15) is 24.8 Å². The third-order valence-electron chi connectivity index (χ3n) is 3.48. The highest BCUT2D eigenvalue weighted by Gasteiger charge is 2.21. The van der Waals surface area contributed by atoms with Gasteiger partial charge in [0.1, 0.15) is 0 Å². The Morgan fingerprint density at radius 1 is 1.35 bits per heavy atom. The number of methoxy groups -OCH3 is 1. The maximum Gasteiger partial charge on any atom is 0.224 e. The fourth-order valence-corrected chi connectivity index (χ4v) is 2.13. The summed E-state index contributed by atoms with van der Waals surface area (Å²) in [7, 11) is 1.67. The zero-order valence-electron chi connectivity index (χ0n) is 12.2. The fourth-order valence-electron chi connectivity index (χ4n) is 2.13. The first kappa shape index (κ1) is 15.0. The first-order valence-electron chi connectivity index (χ1n) is 7.33. The third kappa shape index (κ3) is 5.31. The minimum Gasteiger partial charge on any atom is -0.383 e. The van der Waals surface area contributed by atoms with Gasteiger partial charge < -0.3 is 15.0 Å². The van der Waals surface area contributed by atoms with E-state index in [1.807, 2.05) is 23.1 Å². The van der Waals surface area contributed by atoms with Gasteiger partial charge in [0.2, 0.25) is 5.91 Å². The Morgan fingerprint density at radius 2 is 2.10 bits per heavy atom. The molecule has 1 aromatic carbocycles. The van der Waals surface area contributed by atoms with Gasteiger partial charge in [-0.05, 0) is 18.4 Å². The van der Waals surface area contributed by atoms with Gasteiger partial charge in [-0.25, -0.2) is 0 Å². The summed E-state index contributed by atoms with van der Waals surface area (Å²) in [4.78, 5) is 14.2. The fraction of sp³-hybridized carbons (Fsp3) is 0.562. The number of hydrogen-bond donors (Lipinski definition) is 1. The zero-order valence-corrected chi connectivity index (χ0v) is 12.2. The molecule has 0 aliphatic heterocycles. The van der Waals surface area contributed by atoms with Crippen LogP contribution in [0.4, 0.5) is 0 Å². The number of rotatable bonds is 9. The standard InChI is InChI=1S/C16H24N2O2/c1-20-12-11-18(13-14-5-3-2-4-6-14)16(19)9-10-17-15-7-8-15/h2-6,15,17H,7-13H2,1H3. The smallest absolute Gasteiger partial charge is 0.224 e. The lowest BCUT2D eigenvalue weighted by Gasteiger charge is -2.22. The number of carbonyl (C=O) groups is 1. The molecule has 4 heteroatoms. The lowest BCUT2D eigenvalue weighted by Crippen LogP contribution is -2.35. The SMILES string of the molecule is COCCN(Cc1ccccc1)C(=O)CCNC1CC1. The first-order chi connectivity index (χ1) is 9.79. The van der Waals surface area contributed by atoms with E-state index in [2.05, 4.69) is 17.4 Å². The van der Waals surface area contributed by atoms with E-state index in [0.717, 1.165) is 12.1 Å². The van der Waals surface area contributed by atoms with Gasteiger partial charge in [0.15, 0.2) is 0 Å². The summed E-state index contributed by atoms with van der Waals surface area (Å²) in [5.74, 6) is 0.194. The Hall–Kier alpha value is -1.39. The Kier molecular flexibility index (Phi) is 6.02. The van der Waals surface area contributed by atoms with Crippen molar-refractivity contribution >= 4 is 5.91 Å². The molecule has 1 fully saturated rings. The molecule has 0 bridgehead atoms. The number of hydrogen-bond acceptors (Lipinski definition) is 3. The molecule has 0 spiro atoms. The largest absolute Gasteiger partial charge is 0.383 e. The van der Waals surface area contributed by atoms with Gasteiger partial charge in [0, 0.05) is 39.2 Å². The van der Waals surface area contributed by atoms with E-state index in [-0.39, 0.29) is 5.91 Å². The van der Waals surface area contributed by atoms with Crippen LogP contribution in [0.3, 0.4) is 0 Å². The summed E-state index contributed by atoms with van der Waals surface area (Å²) in [5, 5.41) is 3.38. The van der Waals surface area contributed by atoms with Gasteiger partial charge in [-0.3, -0.25) is 4.79 Å². The Balaban J connectivity index is 1.82. The second kappa shape index (κ2) is 8.02. The van der Waals surface area contributed by atoms with Crippen molar-refractivity contribution in [2.45, 2.75) is 31.8 Å². The van der Waals surface area contributed by atoms with Gasteiger partial charge in [-0.15, -0.1) is 0 Å². The quantitative estimate of drug-likeness (QED) is 0.748. The molecular weight excluding hydrogens is 252 g/mol. The van der Waals surface area contributed by atoms with Crippen molar-refractivity contribution in [2.24, 2.45) is 0 Å². The molecule has 110 valence electrons. The monoisotopic (exact) mass is 276 g/mol. The molecule has 1 aliphatic rings. The Bertz CT molecular complexity index is 404. The van der Waals surface area contributed by atoms with Gasteiger partial charge in [0.25, 0.3) is 0 Å². The van der Waals surface area contributed by atoms with Crippen molar-refractivity contribution < 1.29 is 9.53 Å². The molecule has 0 aromatic heterocycles. The molecule has 1 amide bonds. The van der Waals surface area contributed by atoms with Crippen LogP contribution in [0.2, 0.25) is 0 Å². The summed E-state index contributed by atoms with van der Waals surface area (Å²) >= 11 is 0. The van der Waals surface area contributed by atoms with E-state index in [1.54, 1.807) is 7.11 Å². The lowest BCUT2D eigenvalue weighted by molar-refractivity contribution is -0.132. The van der Waals surface area contributed by atoms with E-state index >= 15 is 0 Å². The van der Waals surface area contributed by atoms with Crippen LogP contribution in [-0.2, 0) is 16.1 Å². The van der Waals surface area contributed by atoms with Crippen molar-refractivity contribution in [1.82, 2.24) is 10.2 Å². The van der Waals surface area contributed by atoms with Gasteiger partial charge in [-0.2, -0.15) is 0 Å². The average Bonchev–Trinajstić information content (AvgIpc) is 3.28. The number of benzene rings is 1. The van der Waals surface area contributed by atoms with Gasteiger partial charge in [-0.1, -0.05) is 30.3 Å². The zero-order chi connectivity index (χ0) is 14.2. The lowest BCUT2D eigenvalue weighted by atomic mass is 10.2. The van der Waals surface area contributed by atoms with Crippen molar-refractivity contribution in [2.75, 3.05) is 26.8 Å². The van der Waals surface area contributed by atoms with Crippen LogP contribution in [-0.4, -0.2) is 43.7 Å². The summed E-state index contributed by atoms with van der Waals surface area (Å²) in [6.07, 6.45) is 3.07. The van der Waals surface area contributed by atoms with Gasteiger partial charge in [0.05, 0.1) is 6.61 Å². The minimum absolute atomic E-state index is 0.194. The number of ether oxygens (including phenoxy) is 1. The number of amides is 1. The summed E-state index contributed by atoms with van der Waals surface area (Å²) < 4.78 is 5.10. The summed E-state index contributed by atoms with van der Waals surface area (Å²) in [5.41, 5.74) is 1.16. The maximum absolute atomic E-state index is 12.3. The minimum atomic E-state index is 0.194. The summed E-state index contributed by atoms with van der Waals surface area (Å²) in [6, 6.07) is 10.8. The topological polar surface area (TPSA) is 41.6 Å². The van der Waals surface area contributed by atoms with Crippen molar-refractivity contribution in [3.63, 3.8) is 0 Å². The number of nitrogens with one attached hydrogen (secondary N) is 1. The molecule has 0 heterocycles. The Morgan fingerprint density at radius 3 is 2.75 bits per heavy atom. The molecule has 1 aromatic rings. The van der Waals surface area contributed by atoms with E-state index < -0.39 is 0 Å². The van der Waals surface area contributed by atoms with Crippen molar-refractivity contribution in [1.29, 1.82) is 0 Å². The van der Waals surface area contributed by atoms with Crippen LogP contribution in [0.5, 0.6) is 0 Å². The van der Waals surface area contributed by atoms with Crippen LogP contribution in [0.25, 0.3) is 0 Å². The van der Waals surface area contributed by atoms with Gasteiger partial charge >= 0.3 is 0 Å². The molecule has 0 atom stereocenters. The van der Waals surface area contributed by atoms with Crippen LogP contribution < -0.4 is 5.32 Å². The molecular formula is C16H24N2O2. The highest BCUT2D eigenvalue weighted by Crippen LogP contribution is 2.18. The van der Waals surface area contributed by atoms with Crippen LogP contribution in [0.15, 0.2) is 30.3 Å². The molecule has 1 saturated carbocycles. The third-order valence-corrected chi connectivity index (χ3v) is 3.48. The van der Waals surface area contributed by atoms with E-state index in [4.69, 9.17) is 4.74 Å². The predicted octanol–water partition coefficient (Wildman–Crippen LogP) is 1.80. The Labute approximate surface area is 121 Å². The average molecular weight is 276 g/mol. The summed E-state index contributed by atoms with van der Waals surface area (Å²) in [6.45, 7) is 2.66. The van der Waals surface area contributed by atoms with E-state index in [1.165, 1.54) is 12.8 Å². The van der Waals surface area contributed by atoms with Crippen molar-refractivity contribution in [3.05, 3.63) is 35.9 Å². The molecule has 0 unspecified atom stereocenters. The molecule has 2 rings (SSSR count). The van der Waals surface area contributed by atoms with Crippen LogP contribution >= 0.6 is 0 Å². The van der Waals surface area contributed by atoms with Crippen molar-refractivity contribution in [3.8, 4) is 0 Å². The second-order valence-corrected chi connectivity index (χ2v) is 5.27. The predicted molar refractivity (Wildman–Crippen MR) is 79.4 cm³/mol. The molecule has 1 aliphatic carbocycles. The highest BCUT2D eigenvalue weighted by molar-refractivity contribution is 5.76. The van der Waals surface area contributed by atoms with E-state index in [9.17, 15) is 4.79 Å². The number of carbonyl (C=O) groups excluding carboxylic acids is 1. The maximum atomic E-state index is 12.3. The molecule has 0 saturated heterocycles. The second-order valence-electron chi connectivity index (χ2n) is 5.27. The molecule has 0 radical (unpaired) electrons. The highest BCUT2D eigenvalue weighted by atomic mass is 16.5.